The van der Waals surface area contributed by atoms with Gasteiger partial charge in [-0.05, 0) is 30.3 Å². The SMILES string of the molecule is COc1ccc(NC(=O)CN(C)c2ccccc2)cc1S(=O)(=O)N1CCOCC1. The van der Waals surface area contributed by atoms with Gasteiger partial charge in [-0.1, -0.05) is 18.2 Å². The molecule has 156 valence electrons. The van der Waals surface area contributed by atoms with E-state index < -0.39 is 10.0 Å². The van der Waals surface area contributed by atoms with Gasteiger partial charge in [-0.15, -0.1) is 0 Å². The lowest BCUT2D eigenvalue weighted by atomic mass is 10.3. The Morgan fingerprint density at radius 3 is 2.52 bits per heavy atom. The molecule has 0 aliphatic carbocycles. The zero-order valence-corrected chi connectivity index (χ0v) is 17.3. The maximum absolute atomic E-state index is 13.0. The van der Waals surface area contributed by atoms with Crippen molar-refractivity contribution >= 4 is 27.3 Å². The maximum atomic E-state index is 13.0. The maximum Gasteiger partial charge on any atom is 0.246 e. The molecule has 0 radical (unpaired) electrons. The molecule has 0 aromatic heterocycles. The zero-order chi connectivity index (χ0) is 20.9. The number of likely N-dealkylation sites (N-methyl/N-ethyl adjacent to an activating group) is 1. The van der Waals surface area contributed by atoms with E-state index in [4.69, 9.17) is 9.47 Å². The number of carbonyl (C=O) groups excluding carboxylic acids is 1. The van der Waals surface area contributed by atoms with Gasteiger partial charge in [-0.2, -0.15) is 4.31 Å². The molecule has 0 saturated carbocycles. The Kier molecular flexibility index (Phi) is 6.73. The van der Waals surface area contributed by atoms with Crippen LogP contribution in [-0.4, -0.2) is 65.6 Å². The number of benzene rings is 2. The number of ether oxygens (including phenoxy) is 2. The van der Waals surface area contributed by atoms with Crippen molar-refractivity contribution in [1.82, 2.24) is 4.31 Å². The summed E-state index contributed by atoms with van der Waals surface area (Å²) < 4.78 is 37.9. The summed E-state index contributed by atoms with van der Waals surface area (Å²) in [6, 6.07) is 14.1. The summed E-state index contributed by atoms with van der Waals surface area (Å²) in [7, 11) is -0.528. The lowest BCUT2D eigenvalue weighted by Gasteiger charge is -2.27. The van der Waals surface area contributed by atoms with E-state index in [1.54, 1.807) is 12.1 Å². The van der Waals surface area contributed by atoms with Crippen molar-refractivity contribution in [3.05, 3.63) is 48.5 Å². The van der Waals surface area contributed by atoms with Gasteiger partial charge in [0.25, 0.3) is 0 Å². The van der Waals surface area contributed by atoms with Crippen LogP contribution in [0.4, 0.5) is 11.4 Å². The first kappa shape index (κ1) is 21.1. The smallest absolute Gasteiger partial charge is 0.246 e. The molecule has 1 fully saturated rings. The highest BCUT2D eigenvalue weighted by Gasteiger charge is 2.29. The second kappa shape index (κ2) is 9.25. The minimum atomic E-state index is -3.76. The highest BCUT2D eigenvalue weighted by atomic mass is 32.2. The first-order chi connectivity index (χ1) is 13.9. The summed E-state index contributed by atoms with van der Waals surface area (Å²) in [5.41, 5.74) is 1.30. The molecule has 0 unspecified atom stereocenters. The van der Waals surface area contributed by atoms with E-state index in [1.165, 1.54) is 17.5 Å². The molecule has 29 heavy (non-hydrogen) atoms. The Morgan fingerprint density at radius 1 is 1.17 bits per heavy atom. The van der Waals surface area contributed by atoms with E-state index in [9.17, 15) is 13.2 Å². The molecule has 8 nitrogen and oxygen atoms in total. The van der Waals surface area contributed by atoms with E-state index in [1.807, 2.05) is 42.3 Å². The quantitative estimate of drug-likeness (QED) is 0.736. The molecule has 2 aromatic rings. The Labute approximate surface area is 171 Å². The van der Waals surface area contributed by atoms with Crippen LogP contribution in [0.5, 0.6) is 5.75 Å². The van der Waals surface area contributed by atoms with Gasteiger partial charge < -0.3 is 19.7 Å². The summed E-state index contributed by atoms with van der Waals surface area (Å²) in [5, 5.41) is 2.77. The lowest BCUT2D eigenvalue weighted by Crippen LogP contribution is -2.40. The van der Waals surface area contributed by atoms with E-state index in [2.05, 4.69) is 5.32 Å². The summed E-state index contributed by atoms with van der Waals surface area (Å²) in [6.07, 6.45) is 0. The highest BCUT2D eigenvalue weighted by molar-refractivity contribution is 7.89. The molecule has 1 amide bonds. The van der Waals surface area contributed by atoms with Crippen LogP contribution in [0.1, 0.15) is 0 Å². The van der Waals surface area contributed by atoms with Gasteiger partial charge in [0, 0.05) is 31.5 Å². The molecule has 0 atom stereocenters. The van der Waals surface area contributed by atoms with Crippen LogP contribution in [0.25, 0.3) is 0 Å². The summed E-state index contributed by atoms with van der Waals surface area (Å²) >= 11 is 0. The number of carbonyl (C=O) groups is 1. The fourth-order valence-corrected chi connectivity index (χ4v) is 4.66. The van der Waals surface area contributed by atoms with Crippen LogP contribution < -0.4 is 15.0 Å². The van der Waals surface area contributed by atoms with Gasteiger partial charge in [0.15, 0.2) is 0 Å². The first-order valence-corrected chi connectivity index (χ1v) is 10.7. The topological polar surface area (TPSA) is 88.2 Å². The van der Waals surface area contributed by atoms with E-state index in [0.717, 1.165) is 5.69 Å². The van der Waals surface area contributed by atoms with Crippen molar-refractivity contribution in [3.63, 3.8) is 0 Å². The monoisotopic (exact) mass is 419 g/mol. The number of para-hydroxylation sites is 1. The van der Waals surface area contributed by atoms with Crippen LogP contribution in [0.15, 0.2) is 53.4 Å². The number of nitrogens with one attached hydrogen (secondary N) is 1. The molecular weight excluding hydrogens is 394 g/mol. The predicted octanol–water partition coefficient (Wildman–Crippen LogP) is 1.79. The average molecular weight is 420 g/mol. The normalized spacial score (nSPS) is 15.0. The Hall–Kier alpha value is -2.62. The van der Waals surface area contributed by atoms with E-state index in [-0.39, 0.29) is 36.2 Å². The lowest BCUT2D eigenvalue weighted by molar-refractivity contribution is -0.114. The van der Waals surface area contributed by atoms with E-state index >= 15 is 0 Å². The van der Waals surface area contributed by atoms with Crippen molar-refractivity contribution in [2.75, 3.05) is 57.2 Å². The number of anilines is 2. The Balaban J connectivity index is 1.77. The third-order valence-electron chi connectivity index (χ3n) is 4.61. The molecule has 0 bridgehead atoms. The zero-order valence-electron chi connectivity index (χ0n) is 16.5. The van der Waals surface area contributed by atoms with Crippen LogP contribution in [0.2, 0.25) is 0 Å². The number of sulfonamides is 1. The molecule has 3 rings (SSSR count). The summed E-state index contributed by atoms with van der Waals surface area (Å²) in [4.78, 5) is 14.3. The van der Waals surface area contributed by atoms with Gasteiger partial charge in [0.1, 0.15) is 10.6 Å². The Bertz CT molecular complexity index is 944. The number of rotatable bonds is 7. The summed E-state index contributed by atoms with van der Waals surface area (Å²) in [6.45, 7) is 1.39. The third-order valence-corrected chi connectivity index (χ3v) is 6.53. The fourth-order valence-electron chi connectivity index (χ4n) is 3.07. The van der Waals surface area contributed by atoms with Crippen LogP contribution in [0, 0.1) is 0 Å². The van der Waals surface area contributed by atoms with Gasteiger partial charge in [0.05, 0.1) is 26.9 Å². The molecule has 2 aromatic carbocycles. The van der Waals surface area contributed by atoms with Gasteiger partial charge in [-0.25, -0.2) is 8.42 Å². The molecular formula is C20H25N3O5S. The number of methoxy groups -OCH3 is 1. The molecule has 0 spiro atoms. The van der Waals surface area contributed by atoms with Crippen molar-refractivity contribution in [2.45, 2.75) is 4.90 Å². The second-order valence-corrected chi connectivity index (χ2v) is 8.53. The van der Waals surface area contributed by atoms with Gasteiger partial charge in [0.2, 0.25) is 15.9 Å². The number of hydrogen-bond acceptors (Lipinski definition) is 6. The van der Waals surface area contributed by atoms with Gasteiger partial charge >= 0.3 is 0 Å². The fraction of sp³-hybridized carbons (Fsp3) is 0.350. The van der Waals surface area contributed by atoms with Crippen LogP contribution in [-0.2, 0) is 19.6 Å². The summed E-state index contributed by atoms with van der Waals surface area (Å²) in [5.74, 6) is -0.0212. The number of amides is 1. The molecule has 9 heteroatoms. The highest BCUT2D eigenvalue weighted by Crippen LogP contribution is 2.30. The molecule has 1 saturated heterocycles. The molecule has 1 N–H and O–H groups in total. The molecule has 1 heterocycles. The first-order valence-electron chi connectivity index (χ1n) is 9.24. The largest absolute Gasteiger partial charge is 0.495 e. The average Bonchev–Trinajstić information content (AvgIpc) is 2.74. The number of hydrogen-bond donors (Lipinski definition) is 1. The number of morpholine rings is 1. The molecule has 1 aliphatic heterocycles. The van der Waals surface area contributed by atoms with Crippen molar-refractivity contribution < 1.29 is 22.7 Å². The van der Waals surface area contributed by atoms with E-state index in [0.29, 0.717) is 18.9 Å². The second-order valence-electron chi connectivity index (χ2n) is 6.62. The Morgan fingerprint density at radius 2 is 1.86 bits per heavy atom. The third kappa shape index (κ3) is 5.06. The minimum absolute atomic E-state index is 0.0242. The number of nitrogens with zero attached hydrogens (tertiary/aromatic N) is 2. The van der Waals surface area contributed by atoms with Crippen molar-refractivity contribution in [1.29, 1.82) is 0 Å². The van der Waals surface area contributed by atoms with Crippen molar-refractivity contribution in [2.24, 2.45) is 0 Å². The van der Waals surface area contributed by atoms with Crippen LogP contribution in [0.3, 0.4) is 0 Å². The van der Waals surface area contributed by atoms with Gasteiger partial charge in [-0.3, -0.25) is 4.79 Å². The predicted molar refractivity (Wildman–Crippen MR) is 111 cm³/mol. The van der Waals surface area contributed by atoms with Crippen LogP contribution >= 0.6 is 0 Å². The standard InChI is InChI=1S/C20H25N3O5S/c1-22(17-6-4-3-5-7-17)15-20(24)21-16-8-9-18(27-2)19(14-16)29(25,26)23-10-12-28-13-11-23/h3-9,14H,10-13,15H2,1-2H3,(H,21,24). The molecule has 1 aliphatic rings. The minimum Gasteiger partial charge on any atom is -0.495 e. The van der Waals surface area contributed by atoms with Crippen molar-refractivity contribution in [3.8, 4) is 5.75 Å².